The number of allylic oxidation sites excluding steroid dienone is 3. The molecule has 3 unspecified atom stereocenters. The first kappa shape index (κ1) is 23.8. The van der Waals surface area contributed by atoms with Crippen LogP contribution in [0.2, 0.25) is 0 Å². The molecule has 2 N–H and O–H groups in total. The van der Waals surface area contributed by atoms with Crippen LogP contribution >= 0.6 is 0 Å². The van der Waals surface area contributed by atoms with Crippen molar-refractivity contribution in [3.05, 3.63) is 46.6 Å². The van der Waals surface area contributed by atoms with E-state index >= 15 is 0 Å². The number of rotatable bonds is 5. The summed E-state index contributed by atoms with van der Waals surface area (Å²) < 4.78 is 5.88. The van der Waals surface area contributed by atoms with E-state index in [1.807, 2.05) is 50.0 Å². The van der Waals surface area contributed by atoms with Crippen LogP contribution in [0.4, 0.5) is 5.82 Å². The van der Waals surface area contributed by atoms with E-state index in [-0.39, 0.29) is 6.42 Å². The SMILES string of the molecule is C/C=c1/ccc(N(C2=CCCC=C2)C2CC(O)CC(C(=O)O)O2)n/c1=C/CC.CC. The van der Waals surface area contributed by atoms with Crippen molar-refractivity contribution in [2.24, 2.45) is 0 Å². The zero-order valence-electron chi connectivity index (χ0n) is 18.4. The monoisotopic (exact) mass is 414 g/mol. The maximum atomic E-state index is 11.5. The van der Waals surface area contributed by atoms with Crippen LogP contribution in [0, 0.1) is 0 Å². The fourth-order valence-electron chi connectivity index (χ4n) is 3.64. The molecule has 6 heteroatoms. The molecule has 30 heavy (non-hydrogen) atoms. The maximum absolute atomic E-state index is 11.5. The standard InChI is InChI=1S/C22H28N2O4.C2H6/c1-3-8-18-15(4-2)11-12-20(23-18)24(16-9-6-5-7-10-16)21-14-17(25)13-19(28-21)22(26)27;1-2/h4,6,8-12,17,19,21,25H,3,5,7,13-14H2,1-2H3,(H,26,27);1-2H3/b15-4-,18-8+;. The smallest absolute Gasteiger partial charge is 0.333 e. The van der Waals surface area contributed by atoms with Crippen molar-refractivity contribution in [2.45, 2.75) is 78.2 Å². The molecule has 3 rings (SSSR count). The number of carboxylic acid groups (broad SMARTS) is 1. The van der Waals surface area contributed by atoms with Gasteiger partial charge in [0, 0.05) is 18.5 Å². The van der Waals surface area contributed by atoms with Gasteiger partial charge in [-0.2, -0.15) is 0 Å². The molecule has 1 aromatic heterocycles. The molecule has 0 amide bonds. The normalized spacial score (nSPS) is 24.7. The predicted octanol–water partition coefficient (Wildman–Crippen LogP) is 3.09. The summed E-state index contributed by atoms with van der Waals surface area (Å²) in [4.78, 5) is 18.2. The molecule has 2 aliphatic rings. The molecular weight excluding hydrogens is 380 g/mol. The summed E-state index contributed by atoms with van der Waals surface area (Å²) in [6.07, 6.45) is 11.1. The third-order valence-corrected chi connectivity index (χ3v) is 5.00. The predicted molar refractivity (Wildman–Crippen MR) is 120 cm³/mol. The first-order valence-electron chi connectivity index (χ1n) is 10.9. The van der Waals surface area contributed by atoms with Gasteiger partial charge in [-0.25, -0.2) is 9.78 Å². The van der Waals surface area contributed by atoms with E-state index in [2.05, 4.69) is 25.2 Å². The van der Waals surface area contributed by atoms with Crippen molar-refractivity contribution in [2.75, 3.05) is 4.90 Å². The van der Waals surface area contributed by atoms with Gasteiger partial charge in [-0.05, 0) is 49.6 Å². The third kappa shape index (κ3) is 5.80. The van der Waals surface area contributed by atoms with Crippen molar-refractivity contribution < 1.29 is 19.7 Å². The largest absolute Gasteiger partial charge is 0.479 e. The summed E-state index contributed by atoms with van der Waals surface area (Å²) in [7, 11) is 0. The number of aliphatic hydroxyl groups is 1. The summed E-state index contributed by atoms with van der Waals surface area (Å²) in [5, 5.41) is 21.6. The Kier molecular flexibility index (Phi) is 9.27. The lowest BCUT2D eigenvalue weighted by Gasteiger charge is -2.39. The van der Waals surface area contributed by atoms with E-state index in [4.69, 9.17) is 9.72 Å². The Morgan fingerprint density at radius 3 is 2.67 bits per heavy atom. The molecule has 0 spiro atoms. The summed E-state index contributed by atoms with van der Waals surface area (Å²) in [5.74, 6) is -0.368. The summed E-state index contributed by atoms with van der Waals surface area (Å²) >= 11 is 0. The van der Waals surface area contributed by atoms with Crippen LogP contribution in [0.15, 0.2) is 36.1 Å². The van der Waals surface area contributed by atoms with Gasteiger partial charge < -0.3 is 14.9 Å². The number of ether oxygens (including phenoxy) is 1. The number of anilines is 1. The molecule has 0 aromatic carbocycles. The molecule has 1 saturated heterocycles. The van der Waals surface area contributed by atoms with E-state index < -0.39 is 24.4 Å². The van der Waals surface area contributed by atoms with Crippen LogP contribution in [0.5, 0.6) is 0 Å². The molecule has 6 nitrogen and oxygen atoms in total. The molecule has 1 aliphatic carbocycles. The fraction of sp³-hybridized carbons (Fsp3) is 0.500. The van der Waals surface area contributed by atoms with Crippen LogP contribution in [-0.4, -0.2) is 39.6 Å². The van der Waals surface area contributed by atoms with E-state index in [0.717, 1.165) is 35.5 Å². The van der Waals surface area contributed by atoms with Crippen molar-refractivity contribution in [3.63, 3.8) is 0 Å². The second kappa shape index (κ2) is 11.7. The molecule has 3 atom stereocenters. The van der Waals surface area contributed by atoms with E-state index in [1.54, 1.807) is 0 Å². The molecule has 164 valence electrons. The Bertz CT molecular complexity index is 891. The van der Waals surface area contributed by atoms with Gasteiger partial charge in [-0.15, -0.1) is 0 Å². The minimum absolute atomic E-state index is 0.0978. The Balaban J connectivity index is 0.00000155. The molecule has 0 bridgehead atoms. The summed E-state index contributed by atoms with van der Waals surface area (Å²) in [6.45, 7) is 8.04. The zero-order chi connectivity index (χ0) is 22.1. The van der Waals surface area contributed by atoms with Crippen molar-refractivity contribution in [1.82, 2.24) is 4.98 Å². The van der Waals surface area contributed by atoms with Gasteiger partial charge in [0.2, 0.25) is 0 Å². The molecule has 0 radical (unpaired) electrons. The first-order chi connectivity index (χ1) is 14.5. The quantitative estimate of drug-likeness (QED) is 0.770. The summed E-state index contributed by atoms with van der Waals surface area (Å²) in [5.41, 5.74) is 0.915. The molecule has 1 aromatic rings. The van der Waals surface area contributed by atoms with Gasteiger partial charge in [-0.1, -0.05) is 45.1 Å². The number of carboxylic acids is 1. The lowest BCUT2D eigenvalue weighted by molar-refractivity contribution is -0.165. The number of aromatic nitrogens is 1. The lowest BCUT2D eigenvalue weighted by Crippen LogP contribution is -2.49. The average molecular weight is 415 g/mol. The average Bonchev–Trinajstić information content (AvgIpc) is 2.76. The summed E-state index contributed by atoms with van der Waals surface area (Å²) in [6, 6.07) is 3.93. The Morgan fingerprint density at radius 1 is 1.30 bits per heavy atom. The van der Waals surface area contributed by atoms with Gasteiger partial charge in [0.15, 0.2) is 6.10 Å². The van der Waals surface area contributed by atoms with Crippen molar-refractivity contribution in [3.8, 4) is 0 Å². The van der Waals surface area contributed by atoms with Crippen LogP contribution in [0.25, 0.3) is 12.2 Å². The highest BCUT2D eigenvalue weighted by Crippen LogP contribution is 2.30. The van der Waals surface area contributed by atoms with Crippen molar-refractivity contribution in [1.29, 1.82) is 0 Å². The maximum Gasteiger partial charge on any atom is 0.333 e. The van der Waals surface area contributed by atoms with Gasteiger partial charge in [0.25, 0.3) is 0 Å². The van der Waals surface area contributed by atoms with Crippen LogP contribution in [0.3, 0.4) is 0 Å². The molecule has 0 saturated carbocycles. The van der Waals surface area contributed by atoms with Gasteiger partial charge in [0.05, 0.1) is 11.5 Å². The van der Waals surface area contributed by atoms with Crippen LogP contribution in [-0.2, 0) is 9.53 Å². The number of hydrogen-bond donors (Lipinski definition) is 2. The Hall–Kier alpha value is -2.44. The minimum atomic E-state index is -1.05. The van der Waals surface area contributed by atoms with E-state index in [9.17, 15) is 15.0 Å². The lowest BCUT2D eigenvalue weighted by atomic mass is 10.0. The minimum Gasteiger partial charge on any atom is -0.479 e. The van der Waals surface area contributed by atoms with Crippen LogP contribution in [0.1, 0.15) is 59.8 Å². The second-order valence-electron chi connectivity index (χ2n) is 7.07. The van der Waals surface area contributed by atoms with Crippen LogP contribution < -0.4 is 15.5 Å². The van der Waals surface area contributed by atoms with Gasteiger partial charge in [-0.3, -0.25) is 4.90 Å². The first-order valence-corrected chi connectivity index (χ1v) is 10.9. The Morgan fingerprint density at radius 2 is 2.07 bits per heavy atom. The topological polar surface area (TPSA) is 82.9 Å². The fourth-order valence-corrected chi connectivity index (χ4v) is 3.64. The number of aliphatic hydroxyl groups excluding tert-OH is 1. The number of pyridine rings is 1. The van der Waals surface area contributed by atoms with E-state index in [1.165, 1.54) is 0 Å². The van der Waals surface area contributed by atoms with Gasteiger partial charge >= 0.3 is 5.97 Å². The highest BCUT2D eigenvalue weighted by atomic mass is 16.5. The van der Waals surface area contributed by atoms with E-state index in [0.29, 0.717) is 12.2 Å². The molecule has 1 aliphatic heterocycles. The van der Waals surface area contributed by atoms with Gasteiger partial charge in [0.1, 0.15) is 12.0 Å². The molecule has 2 heterocycles. The highest BCUT2D eigenvalue weighted by Gasteiger charge is 2.37. The second-order valence-corrected chi connectivity index (χ2v) is 7.07. The highest BCUT2D eigenvalue weighted by molar-refractivity contribution is 5.72. The number of carbonyl (C=O) groups is 1. The zero-order valence-corrected chi connectivity index (χ0v) is 18.4. The molecular formula is C24H34N2O4. The third-order valence-electron chi connectivity index (χ3n) is 5.00. The van der Waals surface area contributed by atoms with Crippen molar-refractivity contribution >= 4 is 23.9 Å². The molecule has 1 fully saturated rings. The number of aliphatic carboxylic acids is 1. The Labute approximate surface area is 178 Å². The number of hydrogen-bond acceptors (Lipinski definition) is 5. The number of nitrogens with zero attached hydrogens (tertiary/aromatic N) is 2.